The summed E-state index contributed by atoms with van der Waals surface area (Å²) in [7, 11) is 0. The summed E-state index contributed by atoms with van der Waals surface area (Å²) in [5, 5.41) is 3.17. The number of primary amides is 1. The average Bonchev–Trinajstić information content (AvgIpc) is 2.03. The Labute approximate surface area is 78.5 Å². The maximum absolute atomic E-state index is 10.7. The van der Waals surface area contributed by atoms with Gasteiger partial charge in [-0.15, -0.1) is 0 Å². The molecule has 2 atom stereocenters. The molecule has 0 heterocycles. The van der Waals surface area contributed by atoms with E-state index in [4.69, 9.17) is 5.73 Å². The summed E-state index contributed by atoms with van der Waals surface area (Å²) in [6.45, 7) is 3.90. The molecule has 0 radical (unpaired) electrons. The highest BCUT2D eigenvalue weighted by molar-refractivity contribution is 7.98. The lowest BCUT2D eigenvalue weighted by Crippen LogP contribution is -2.45. The zero-order valence-electron chi connectivity index (χ0n) is 7.96. The third kappa shape index (κ3) is 4.62. The van der Waals surface area contributed by atoms with Crippen LogP contribution in [0.2, 0.25) is 0 Å². The van der Waals surface area contributed by atoms with Crippen molar-refractivity contribution in [2.45, 2.75) is 32.4 Å². The van der Waals surface area contributed by atoms with Crippen molar-refractivity contribution in [2.75, 3.05) is 12.0 Å². The predicted octanol–water partition coefficient (Wildman–Crippen LogP) is 0.591. The molecule has 0 aromatic carbocycles. The highest BCUT2D eigenvalue weighted by Crippen LogP contribution is 2.01. The van der Waals surface area contributed by atoms with E-state index >= 15 is 0 Å². The van der Waals surface area contributed by atoms with Gasteiger partial charge < -0.3 is 11.1 Å². The molecule has 0 aliphatic heterocycles. The summed E-state index contributed by atoms with van der Waals surface area (Å²) < 4.78 is 0. The van der Waals surface area contributed by atoms with Gasteiger partial charge in [0.05, 0.1) is 6.04 Å². The van der Waals surface area contributed by atoms with E-state index in [1.54, 1.807) is 18.7 Å². The zero-order chi connectivity index (χ0) is 9.56. The first-order valence-corrected chi connectivity index (χ1v) is 5.55. The molecular formula is C8H18N2OS. The van der Waals surface area contributed by atoms with Gasteiger partial charge in [0.25, 0.3) is 0 Å². The van der Waals surface area contributed by atoms with Crippen LogP contribution in [0.3, 0.4) is 0 Å². The van der Waals surface area contributed by atoms with Gasteiger partial charge in [0.1, 0.15) is 0 Å². The van der Waals surface area contributed by atoms with Gasteiger partial charge in [-0.05, 0) is 19.6 Å². The van der Waals surface area contributed by atoms with Crippen LogP contribution in [-0.2, 0) is 4.79 Å². The monoisotopic (exact) mass is 190 g/mol. The van der Waals surface area contributed by atoms with Crippen LogP contribution in [0.4, 0.5) is 0 Å². The second-order valence-electron chi connectivity index (χ2n) is 2.85. The highest BCUT2D eigenvalue weighted by atomic mass is 32.2. The number of nitrogens with one attached hydrogen (secondary N) is 1. The standard InChI is InChI=1S/C8H18N2OS/c1-4-7(5-12-3)10-6(2)8(9)11/h6-7,10H,4-5H2,1-3H3,(H2,9,11). The van der Waals surface area contributed by atoms with E-state index < -0.39 is 0 Å². The SMILES string of the molecule is CCC(CSC)NC(C)C(N)=O. The largest absolute Gasteiger partial charge is 0.368 e. The van der Waals surface area contributed by atoms with Gasteiger partial charge >= 0.3 is 0 Å². The molecule has 0 aromatic heterocycles. The first kappa shape index (κ1) is 11.8. The fourth-order valence-corrected chi connectivity index (χ4v) is 1.65. The number of nitrogens with two attached hydrogens (primary N) is 1. The van der Waals surface area contributed by atoms with E-state index in [9.17, 15) is 4.79 Å². The summed E-state index contributed by atoms with van der Waals surface area (Å²) in [5.74, 6) is 0.739. The smallest absolute Gasteiger partial charge is 0.234 e. The third-order valence-corrected chi connectivity index (χ3v) is 2.51. The lowest BCUT2D eigenvalue weighted by molar-refractivity contribution is -0.119. The van der Waals surface area contributed by atoms with Crippen LogP contribution in [0.15, 0.2) is 0 Å². The van der Waals surface area contributed by atoms with Gasteiger partial charge in [-0.3, -0.25) is 4.79 Å². The van der Waals surface area contributed by atoms with Crippen molar-refractivity contribution in [3.05, 3.63) is 0 Å². The lowest BCUT2D eigenvalue weighted by atomic mass is 10.2. The van der Waals surface area contributed by atoms with Crippen molar-refractivity contribution in [2.24, 2.45) is 5.73 Å². The molecule has 0 aliphatic rings. The van der Waals surface area contributed by atoms with Crippen molar-refractivity contribution >= 4 is 17.7 Å². The fraction of sp³-hybridized carbons (Fsp3) is 0.875. The second-order valence-corrected chi connectivity index (χ2v) is 3.76. The fourth-order valence-electron chi connectivity index (χ4n) is 0.921. The quantitative estimate of drug-likeness (QED) is 0.644. The first-order chi connectivity index (χ1) is 5.61. The molecule has 1 amide bonds. The Balaban J connectivity index is 3.76. The predicted molar refractivity (Wildman–Crippen MR) is 54.3 cm³/mol. The molecule has 72 valence electrons. The van der Waals surface area contributed by atoms with E-state index in [0.29, 0.717) is 6.04 Å². The Kier molecular flexibility index (Phi) is 6.20. The van der Waals surface area contributed by atoms with Crippen molar-refractivity contribution in [1.29, 1.82) is 0 Å². The van der Waals surface area contributed by atoms with E-state index in [1.165, 1.54) is 0 Å². The number of rotatable bonds is 6. The van der Waals surface area contributed by atoms with Crippen molar-refractivity contribution in [3.63, 3.8) is 0 Å². The summed E-state index contributed by atoms with van der Waals surface area (Å²) in [4.78, 5) is 10.7. The molecule has 12 heavy (non-hydrogen) atoms. The molecule has 0 bridgehead atoms. The Hall–Kier alpha value is -0.220. The van der Waals surface area contributed by atoms with Crippen LogP contribution in [0.5, 0.6) is 0 Å². The molecule has 0 aliphatic carbocycles. The Bertz CT molecular complexity index is 141. The topological polar surface area (TPSA) is 55.1 Å². The molecule has 4 heteroatoms. The number of carbonyl (C=O) groups is 1. The van der Waals surface area contributed by atoms with Gasteiger partial charge in [0.15, 0.2) is 0 Å². The van der Waals surface area contributed by atoms with E-state index in [0.717, 1.165) is 12.2 Å². The minimum Gasteiger partial charge on any atom is -0.368 e. The van der Waals surface area contributed by atoms with Crippen LogP contribution in [0.25, 0.3) is 0 Å². The third-order valence-electron chi connectivity index (χ3n) is 1.77. The molecule has 0 aromatic rings. The summed E-state index contributed by atoms with van der Waals surface area (Å²) in [5.41, 5.74) is 5.13. The normalized spacial score (nSPS) is 15.6. The van der Waals surface area contributed by atoms with E-state index in [1.807, 2.05) is 0 Å². The zero-order valence-corrected chi connectivity index (χ0v) is 8.78. The highest BCUT2D eigenvalue weighted by Gasteiger charge is 2.12. The van der Waals surface area contributed by atoms with Gasteiger partial charge in [0.2, 0.25) is 5.91 Å². The van der Waals surface area contributed by atoms with Crippen LogP contribution in [0, 0.1) is 0 Å². The molecular weight excluding hydrogens is 172 g/mol. The molecule has 3 nitrogen and oxygen atoms in total. The number of amides is 1. The molecule has 0 fully saturated rings. The molecule has 2 unspecified atom stereocenters. The maximum atomic E-state index is 10.7. The Morgan fingerprint density at radius 2 is 2.25 bits per heavy atom. The molecule has 0 saturated heterocycles. The van der Waals surface area contributed by atoms with Gasteiger partial charge in [0, 0.05) is 11.8 Å². The summed E-state index contributed by atoms with van der Waals surface area (Å²) in [6.07, 6.45) is 3.08. The first-order valence-electron chi connectivity index (χ1n) is 4.16. The second kappa shape index (κ2) is 6.31. The Morgan fingerprint density at radius 1 is 1.67 bits per heavy atom. The van der Waals surface area contributed by atoms with Crippen LogP contribution < -0.4 is 11.1 Å². The summed E-state index contributed by atoms with van der Waals surface area (Å²) in [6, 6.07) is 0.171. The van der Waals surface area contributed by atoms with E-state index in [-0.39, 0.29) is 11.9 Å². The lowest BCUT2D eigenvalue weighted by Gasteiger charge is -2.19. The Morgan fingerprint density at radius 3 is 2.58 bits per heavy atom. The molecule has 0 saturated carbocycles. The number of thioether (sulfide) groups is 1. The molecule has 0 spiro atoms. The van der Waals surface area contributed by atoms with Crippen LogP contribution in [-0.4, -0.2) is 30.0 Å². The minimum absolute atomic E-state index is 0.220. The molecule has 3 N–H and O–H groups in total. The average molecular weight is 190 g/mol. The van der Waals surface area contributed by atoms with Crippen molar-refractivity contribution in [3.8, 4) is 0 Å². The molecule has 0 rings (SSSR count). The van der Waals surface area contributed by atoms with Gasteiger partial charge in [-0.2, -0.15) is 11.8 Å². The number of carbonyl (C=O) groups excluding carboxylic acids is 1. The minimum atomic E-state index is -0.283. The maximum Gasteiger partial charge on any atom is 0.234 e. The number of hydrogen-bond donors (Lipinski definition) is 2. The van der Waals surface area contributed by atoms with Crippen LogP contribution >= 0.6 is 11.8 Å². The van der Waals surface area contributed by atoms with Crippen molar-refractivity contribution < 1.29 is 4.79 Å². The van der Waals surface area contributed by atoms with Crippen molar-refractivity contribution in [1.82, 2.24) is 5.32 Å². The van der Waals surface area contributed by atoms with E-state index in [2.05, 4.69) is 18.5 Å². The van der Waals surface area contributed by atoms with Gasteiger partial charge in [-0.25, -0.2) is 0 Å². The van der Waals surface area contributed by atoms with Gasteiger partial charge in [-0.1, -0.05) is 6.92 Å². The summed E-state index contributed by atoms with van der Waals surface area (Å²) >= 11 is 1.77. The number of hydrogen-bond acceptors (Lipinski definition) is 3. The van der Waals surface area contributed by atoms with Crippen LogP contribution in [0.1, 0.15) is 20.3 Å².